The highest BCUT2D eigenvalue weighted by Crippen LogP contribution is 2.29. The van der Waals surface area contributed by atoms with Crippen molar-refractivity contribution in [2.45, 2.75) is 37.8 Å². The van der Waals surface area contributed by atoms with Crippen LogP contribution < -0.4 is 5.32 Å². The molecule has 0 amide bonds. The predicted octanol–water partition coefficient (Wildman–Crippen LogP) is 1.18. The van der Waals surface area contributed by atoms with Gasteiger partial charge in [-0.1, -0.05) is 0 Å². The number of nitrogens with one attached hydrogen (secondary N) is 1. The smallest absolute Gasteiger partial charge is 0.261 e. The Labute approximate surface area is 76.8 Å². The van der Waals surface area contributed by atoms with Crippen LogP contribution >= 0.6 is 12.4 Å². The first kappa shape index (κ1) is 12.1. The molecule has 0 aromatic carbocycles. The molecule has 0 spiro atoms. The lowest BCUT2D eigenvalue weighted by molar-refractivity contribution is -0.00161. The average molecular weight is 202 g/mol. The van der Waals surface area contributed by atoms with Crippen molar-refractivity contribution >= 4 is 12.4 Å². The van der Waals surface area contributed by atoms with Gasteiger partial charge in [0.05, 0.1) is 12.1 Å². The van der Waals surface area contributed by atoms with Crippen molar-refractivity contribution in [1.82, 2.24) is 5.32 Å². The van der Waals surface area contributed by atoms with Crippen molar-refractivity contribution in [2.24, 2.45) is 0 Å². The first-order chi connectivity index (χ1) is 4.81. The maximum atomic E-state index is 12.6. The van der Waals surface area contributed by atoms with E-state index in [1.165, 1.54) is 13.8 Å². The molecule has 1 heterocycles. The summed E-state index contributed by atoms with van der Waals surface area (Å²) in [6.45, 7) is 2.75. The van der Waals surface area contributed by atoms with Gasteiger partial charge in [0.2, 0.25) is 0 Å². The zero-order valence-electron chi connectivity index (χ0n) is 7.10. The van der Waals surface area contributed by atoms with E-state index in [1.807, 2.05) is 0 Å². The fraction of sp³-hybridized carbons (Fsp3) is 1.00. The zero-order chi connectivity index (χ0) is 8.70. The largest absolute Gasteiger partial charge is 0.389 e. The minimum atomic E-state index is -2.65. The van der Waals surface area contributed by atoms with Crippen molar-refractivity contribution in [3.8, 4) is 0 Å². The highest BCUT2D eigenvalue weighted by molar-refractivity contribution is 5.85. The summed E-state index contributed by atoms with van der Waals surface area (Å²) in [6, 6.07) is -0.488. The normalized spacial score (nSPS) is 28.2. The minimum Gasteiger partial charge on any atom is -0.389 e. The quantitative estimate of drug-likeness (QED) is 0.668. The van der Waals surface area contributed by atoms with Crippen LogP contribution in [-0.4, -0.2) is 29.2 Å². The summed E-state index contributed by atoms with van der Waals surface area (Å²) in [5.74, 6) is -2.65. The van der Waals surface area contributed by atoms with Crippen LogP contribution in [0, 0.1) is 0 Å². The molecule has 0 aliphatic carbocycles. The molecular weight excluding hydrogens is 188 g/mol. The maximum absolute atomic E-state index is 12.6. The lowest BCUT2D eigenvalue weighted by atomic mass is 9.97. The van der Waals surface area contributed by atoms with E-state index in [-0.39, 0.29) is 25.4 Å². The lowest BCUT2D eigenvalue weighted by Gasteiger charge is -2.24. The molecule has 12 heavy (non-hydrogen) atoms. The van der Waals surface area contributed by atoms with Crippen LogP contribution in [-0.2, 0) is 0 Å². The number of alkyl halides is 2. The van der Waals surface area contributed by atoms with Gasteiger partial charge in [0.1, 0.15) is 0 Å². The number of hydrogen-bond acceptors (Lipinski definition) is 2. The van der Waals surface area contributed by atoms with Crippen molar-refractivity contribution in [3.05, 3.63) is 0 Å². The van der Waals surface area contributed by atoms with Gasteiger partial charge in [0, 0.05) is 12.5 Å². The van der Waals surface area contributed by atoms with Crippen molar-refractivity contribution < 1.29 is 13.9 Å². The minimum absolute atomic E-state index is 0. The molecule has 1 saturated heterocycles. The number of aliphatic hydroxyl groups is 1. The number of rotatable bonds is 1. The molecule has 0 aromatic heterocycles. The molecule has 74 valence electrons. The Morgan fingerprint density at radius 3 is 2.17 bits per heavy atom. The molecule has 1 rings (SSSR count). The van der Waals surface area contributed by atoms with Gasteiger partial charge in [-0.3, -0.25) is 0 Å². The molecule has 2 N–H and O–H groups in total. The van der Waals surface area contributed by atoms with Gasteiger partial charge in [-0.05, 0) is 13.8 Å². The first-order valence-electron chi connectivity index (χ1n) is 3.65. The van der Waals surface area contributed by atoms with Crippen molar-refractivity contribution in [2.75, 3.05) is 6.54 Å². The van der Waals surface area contributed by atoms with E-state index in [9.17, 15) is 13.9 Å². The van der Waals surface area contributed by atoms with Crippen LogP contribution in [0.3, 0.4) is 0 Å². The van der Waals surface area contributed by atoms with Crippen molar-refractivity contribution in [3.63, 3.8) is 0 Å². The van der Waals surface area contributed by atoms with Gasteiger partial charge in [0.25, 0.3) is 5.92 Å². The zero-order valence-corrected chi connectivity index (χ0v) is 7.92. The molecule has 5 heteroatoms. The van der Waals surface area contributed by atoms with E-state index in [4.69, 9.17) is 0 Å². The van der Waals surface area contributed by atoms with E-state index in [0.717, 1.165) is 0 Å². The Hall–Kier alpha value is 0.0700. The van der Waals surface area contributed by atoms with E-state index in [2.05, 4.69) is 5.32 Å². The van der Waals surface area contributed by atoms with Crippen LogP contribution in [0.5, 0.6) is 0 Å². The topological polar surface area (TPSA) is 32.3 Å². The van der Waals surface area contributed by atoms with Crippen LogP contribution in [0.2, 0.25) is 0 Å². The van der Waals surface area contributed by atoms with Gasteiger partial charge in [-0.2, -0.15) is 0 Å². The molecule has 1 aliphatic heterocycles. The third-order valence-electron chi connectivity index (χ3n) is 1.96. The van der Waals surface area contributed by atoms with Gasteiger partial charge >= 0.3 is 0 Å². The summed E-state index contributed by atoms with van der Waals surface area (Å²) in [6.07, 6.45) is -0.267. The Morgan fingerprint density at radius 1 is 1.50 bits per heavy atom. The average Bonchev–Trinajstić information content (AvgIpc) is 2.07. The fourth-order valence-electron chi connectivity index (χ4n) is 1.22. The predicted molar refractivity (Wildman–Crippen MR) is 44.9 cm³/mol. The van der Waals surface area contributed by atoms with E-state index < -0.39 is 17.6 Å². The molecule has 0 radical (unpaired) electrons. The molecule has 2 nitrogen and oxygen atoms in total. The summed E-state index contributed by atoms with van der Waals surface area (Å²) in [5.41, 5.74) is -1.06. The maximum Gasteiger partial charge on any atom is 0.261 e. The summed E-state index contributed by atoms with van der Waals surface area (Å²) in [4.78, 5) is 0. The van der Waals surface area contributed by atoms with Crippen molar-refractivity contribution in [1.29, 1.82) is 0 Å². The third-order valence-corrected chi connectivity index (χ3v) is 1.96. The SMILES string of the molecule is CC(C)(O)C1CC(F)(F)CN1.Cl. The Bertz CT molecular complexity index is 158. The lowest BCUT2D eigenvalue weighted by Crippen LogP contribution is -2.42. The van der Waals surface area contributed by atoms with E-state index in [1.54, 1.807) is 0 Å². The summed E-state index contributed by atoms with van der Waals surface area (Å²) in [7, 11) is 0. The molecule has 1 unspecified atom stereocenters. The second-order valence-corrected chi connectivity index (χ2v) is 3.65. The molecule has 0 aromatic rings. The summed E-state index contributed by atoms with van der Waals surface area (Å²) < 4.78 is 25.1. The second-order valence-electron chi connectivity index (χ2n) is 3.65. The molecule has 1 aliphatic rings. The Balaban J connectivity index is 0.00000121. The highest BCUT2D eigenvalue weighted by Gasteiger charge is 2.44. The van der Waals surface area contributed by atoms with Crippen LogP contribution in [0.4, 0.5) is 8.78 Å². The third kappa shape index (κ3) is 2.84. The summed E-state index contributed by atoms with van der Waals surface area (Å²) in [5, 5.41) is 11.9. The van der Waals surface area contributed by atoms with Crippen LogP contribution in [0.25, 0.3) is 0 Å². The Kier molecular flexibility index (Phi) is 3.46. The van der Waals surface area contributed by atoms with E-state index in [0.29, 0.717) is 0 Å². The number of hydrogen-bond donors (Lipinski definition) is 2. The van der Waals surface area contributed by atoms with Gasteiger partial charge in [0.15, 0.2) is 0 Å². The van der Waals surface area contributed by atoms with Gasteiger partial charge in [-0.25, -0.2) is 8.78 Å². The monoisotopic (exact) mass is 201 g/mol. The second kappa shape index (κ2) is 3.44. The van der Waals surface area contributed by atoms with E-state index >= 15 is 0 Å². The fourth-order valence-corrected chi connectivity index (χ4v) is 1.22. The summed E-state index contributed by atoms with van der Waals surface area (Å²) >= 11 is 0. The molecule has 0 bridgehead atoms. The van der Waals surface area contributed by atoms with Crippen LogP contribution in [0.1, 0.15) is 20.3 Å². The van der Waals surface area contributed by atoms with Crippen LogP contribution in [0.15, 0.2) is 0 Å². The molecule has 0 saturated carbocycles. The molecular formula is C7H14ClF2NO. The number of halogens is 3. The molecule has 1 fully saturated rings. The van der Waals surface area contributed by atoms with Gasteiger partial charge in [-0.15, -0.1) is 12.4 Å². The Morgan fingerprint density at radius 2 is 2.00 bits per heavy atom. The molecule has 1 atom stereocenters. The standard InChI is InChI=1S/C7H13F2NO.ClH/c1-6(2,11)5-3-7(8,9)4-10-5;/h5,10-11H,3-4H2,1-2H3;1H. The van der Waals surface area contributed by atoms with Gasteiger partial charge < -0.3 is 10.4 Å². The first-order valence-corrected chi connectivity index (χ1v) is 3.65. The highest BCUT2D eigenvalue weighted by atomic mass is 35.5.